The average Bonchev–Trinajstić information content (AvgIpc) is 2.53. The van der Waals surface area contributed by atoms with Gasteiger partial charge in [0.05, 0.1) is 6.10 Å². The number of ketones is 1. The van der Waals surface area contributed by atoms with Crippen LogP contribution in [0.5, 0.6) is 0 Å². The van der Waals surface area contributed by atoms with Crippen molar-refractivity contribution in [2.24, 2.45) is 11.3 Å². The van der Waals surface area contributed by atoms with E-state index in [9.17, 15) is 9.90 Å². The van der Waals surface area contributed by atoms with E-state index in [0.29, 0.717) is 24.5 Å². The van der Waals surface area contributed by atoms with Gasteiger partial charge in [-0.1, -0.05) is 63.4 Å². The fraction of sp³-hybridized carbons (Fsp3) is 0.632. The second-order valence-corrected chi connectivity index (χ2v) is 6.94. The predicted molar refractivity (Wildman–Crippen MR) is 86.0 cm³/mol. The monoisotopic (exact) mass is 288 g/mol. The number of carbonyl (C=O) groups is 1. The van der Waals surface area contributed by atoms with Crippen LogP contribution in [0.3, 0.4) is 0 Å². The quantitative estimate of drug-likeness (QED) is 0.825. The highest BCUT2D eigenvalue weighted by atomic mass is 16.3. The standard InChI is InChI=1S/C19H28O2/c1-19(2,16-11-7-4-8-12-16)18(21)14-13-17(20)15-9-5-3-6-10-15/h3,5-6,9-10,16-17,20H,4,7-8,11-14H2,1-2H3/t17-/m1/s1. The number of carbonyl (C=O) groups excluding carboxylic acids is 1. The molecule has 0 saturated heterocycles. The van der Waals surface area contributed by atoms with Crippen LogP contribution in [0.2, 0.25) is 0 Å². The second kappa shape index (κ2) is 7.22. The lowest BCUT2D eigenvalue weighted by Crippen LogP contribution is -2.34. The molecule has 0 aliphatic heterocycles. The summed E-state index contributed by atoms with van der Waals surface area (Å²) in [4.78, 5) is 12.6. The maximum atomic E-state index is 12.6. The lowest BCUT2D eigenvalue weighted by Gasteiger charge is -2.36. The van der Waals surface area contributed by atoms with Gasteiger partial charge in [-0.3, -0.25) is 4.79 Å². The molecule has 21 heavy (non-hydrogen) atoms. The minimum atomic E-state index is -0.530. The van der Waals surface area contributed by atoms with Gasteiger partial charge < -0.3 is 5.11 Å². The van der Waals surface area contributed by atoms with E-state index in [1.54, 1.807) is 0 Å². The van der Waals surface area contributed by atoms with Crippen LogP contribution in [0.4, 0.5) is 0 Å². The number of hydrogen-bond donors (Lipinski definition) is 1. The van der Waals surface area contributed by atoms with Gasteiger partial charge in [0.25, 0.3) is 0 Å². The van der Waals surface area contributed by atoms with Crippen LogP contribution in [-0.4, -0.2) is 10.9 Å². The van der Waals surface area contributed by atoms with Gasteiger partial charge in [0.15, 0.2) is 0 Å². The second-order valence-electron chi connectivity index (χ2n) is 6.94. The molecule has 0 heterocycles. The molecule has 0 bridgehead atoms. The van der Waals surface area contributed by atoms with E-state index in [1.165, 1.54) is 32.1 Å². The van der Waals surface area contributed by atoms with Gasteiger partial charge in [-0.05, 0) is 30.7 Å². The summed E-state index contributed by atoms with van der Waals surface area (Å²) in [5, 5.41) is 10.2. The van der Waals surface area contributed by atoms with Crippen molar-refractivity contribution in [1.29, 1.82) is 0 Å². The molecule has 0 amide bonds. The zero-order chi connectivity index (χ0) is 15.3. The van der Waals surface area contributed by atoms with Crippen LogP contribution in [-0.2, 0) is 4.79 Å². The number of rotatable bonds is 6. The first-order chi connectivity index (χ1) is 10.0. The number of aliphatic hydroxyl groups is 1. The van der Waals surface area contributed by atoms with E-state index >= 15 is 0 Å². The smallest absolute Gasteiger partial charge is 0.138 e. The number of Topliss-reactive ketones (excluding diaryl/α,β-unsaturated/α-hetero) is 1. The van der Waals surface area contributed by atoms with Gasteiger partial charge >= 0.3 is 0 Å². The van der Waals surface area contributed by atoms with Crippen LogP contribution < -0.4 is 0 Å². The molecule has 2 rings (SSSR count). The van der Waals surface area contributed by atoms with Crippen LogP contribution in [0.25, 0.3) is 0 Å². The molecule has 0 aromatic heterocycles. The van der Waals surface area contributed by atoms with E-state index in [4.69, 9.17) is 0 Å². The maximum absolute atomic E-state index is 12.6. The topological polar surface area (TPSA) is 37.3 Å². The number of benzene rings is 1. The van der Waals surface area contributed by atoms with Crippen molar-refractivity contribution in [1.82, 2.24) is 0 Å². The molecule has 1 fully saturated rings. The SMILES string of the molecule is CC(C)(C(=O)CC[C@@H](O)c1ccccc1)C1CCCCC1. The van der Waals surface area contributed by atoms with E-state index < -0.39 is 6.10 Å². The fourth-order valence-electron chi connectivity index (χ4n) is 3.48. The Kier molecular flexibility index (Phi) is 5.58. The van der Waals surface area contributed by atoms with Gasteiger partial charge in [0.2, 0.25) is 0 Å². The number of aliphatic hydroxyl groups excluding tert-OH is 1. The molecule has 1 aliphatic rings. The summed E-state index contributed by atoms with van der Waals surface area (Å²) in [6.45, 7) is 4.19. The Bertz CT molecular complexity index is 444. The lowest BCUT2D eigenvalue weighted by atomic mass is 9.68. The molecule has 2 nitrogen and oxygen atoms in total. The highest BCUT2D eigenvalue weighted by Crippen LogP contribution is 2.40. The third-order valence-electron chi connectivity index (χ3n) is 5.17. The summed E-state index contributed by atoms with van der Waals surface area (Å²) in [6, 6.07) is 9.62. The Hall–Kier alpha value is -1.15. The normalized spacial score (nSPS) is 18.4. The molecule has 116 valence electrons. The summed E-state index contributed by atoms with van der Waals surface area (Å²) < 4.78 is 0. The fourth-order valence-corrected chi connectivity index (χ4v) is 3.48. The number of hydrogen-bond acceptors (Lipinski definition) is 2. The molecule has 2 heteroatoms. The Morgan fingerprint density at radius 2 is 1.81 bits per heavy atom. The predicted octanol–water partition coefficient (Wildman–Crippen LogP) is 4.68. The van der Waals surface area contributed by atoms with Crippen LogP contribution in [0, 0.1) is 11.3 Å². The largest absolute Gasteiger partial charge is 0.388 e. The van der Waals surface area contributed by atoms with E-state index in [0.717, 1.165) is 5.56 Å². The third-order valence-corrected chi connectivity index (χ3v) is 5.17. The zero-order valence-corrected chi connectivity index (χ0v) is 13.3. The highest BCUT2D eigenvalue weighted by Gasteiger charge is 2.36. The Labute approximate surface area is 128 Å². The Balaban J connectivity index is 1.88. The molecule has 1 atom stereocenters. The van der Waals surface area contributed by atoms with Crippen molar-refractivity contribution in [3.63, 3.8) is 0 Å². The third kappa shape index (κ3) is 4.16. The first-order valence-electron chi connectivity index (χ1n) is 8.28. The highest BCUT2D eigenvalue weighted by molar-refractivity contribution is 5.84. The summed E-state index contributed by atoms with van der Waals surface area (Å²) in [7, 11) is 0. The maximum Gasteiger partial charge on any atom is 0.138 e. The summed E-state index contributed by atoms with van der Waals surface area (Å²) in [6.07, 6.45) is 6.66. The van der Waals surface area contributed by atoms with Gasteiger partial charge in [0, 0.05) is 11.8 Å². The molecule has 1 aromatic carbocycles. The molecule has 1 N–H and O–H groups in total. The molecule has 1 aromatic rings. The molecule has 0 unspecified atom stereocenters. The van der Waals surface area contributed by atoms with E-state index in [-0.39, 0.29) is 5.41 Å². The van der Waals surface area contributed by atoms with Crippen molar-refractivity contribution in [3.05, 3.63) is 35.9 Å². The van der Waals surface area contributed by atoms with Gasteiger partial charge in [-0.15, -0.1) is 0 Å². The van der Waals surface area contributed by atoms with Crippen molar-refractivity contribution in [2.75, 3.05) is 0 Å². The molecule has 1 saturated carbocycles. The Morgan fingerprint density at radius 3 is 2.43 bits per heavy atom. The summed E-state index contributed by atoms with van der Waals surface area (Å²) in [5.74, 6) is 0.831. The van der Waals surface area contributed by atoms with Crippen molar-refractivity contribution in [3.8, 4) is 0 Å². The van der Waals surface area contributed by atoms with Gasteiger partial charge in [-0.25, -0.2) is 0 Å². The lowest BCUT2D eigenvalue weighted by molar-refractivity contribution is -0.131. The minimum Gasteiger partial charge on any atom is -0.388 e. The molecule has 0 radical (unpaired) electrons. The first kappa shape index (κ1) is 16.2. The molecule has 1 aliphatic carbocycles. The minimum absolute atomic E-state index is 0.239. The van der Waals surface area contributed by atoms with E-state index in [2.05, 4.69) is 13.8 Å². The van der Waals surface area contributed by atoms with Gasteiger partial charge in [-0.2, -0.15) is 0 Å². The van der Waals surface area contributed by atoms with Crippen molar-refractivity contribution < 1.29 is 9.90 Å². The van der Waals surface area contributed by atoms with E-state index in [1.807, 2.05) is 30.3 Å². The zero-order valence-electron chi connectivity index (χ0n) is 13.3. The Morgan fingerprint density at radius 1 is 1.19 bits per heavy atom. The van der Waals surface area contributed by atoms with Crippen LogP contribution in [0.15, 0.2) is 30.3 Å². The van der Waals surface area contributed by atoms with Gasteiger partial charge in [0.1, 0.15) is 5.78 Å². The average molecular weight is 288 g/mol. The van der Waals surface area contributed by atoms with Crippen molar-refractivity contribution >= 4 is 5.78 Å². The van der Waals surface area contributed by atoms with Crippen LogP contribution >= 0.6 is 0 Å². The summed E-state index contributed by atoms with van der Waals surface area (Å²) >= 11 is 0. The van der Waals surface area contributed by atoms with Crippen LogP contribution in [0.1, 0.15) is 70.5 Å². The first-order valence-corrected chi connectivity index (χ1v) is 8.28. The molecule has 0 spiro atoms. The van der Waals surface area contributed by atoms with Crippen molar-refractivity contribution in [2.45, 2.75) is 64.9 Å². The summed E-state index contributed by atoms with van der Waals surface area (Å²) in [5.41, 5.74) is 0.664. The molecular formula is C19H28O2. The molecular weight excluding hydrogens is 260 g/mol.